The van der Waals surface area contributed by atoms with Crippen molar-refractivity contribution in [2.45, 2.75) is 50.6 Å². The summed E-state index contributed by atoms with van der Waals surface area (Å²) in [4.78, 5) is 11.5. The van der Waals surface area contributed by atoms with Gasteiger partial charge in [0.1, 0.15) is 0 Å². The number of carbonyl (C=O) groups is 1. The molecular formula is C11H21N3O. The Morgan fingerprint density at radius 2 is 2.00 bits per heavy atom. The molecule has 15 heavy (non-hydrogen) atoms. The van der Waals surface area contributed by atoms with Crippen molar-refractivity contribution in [2.24, 2.45) is 0 Å². The zero-order chi connectivity index (χ0) is 10.5. The van der Waals surface area contributed by atoms with Crippen molar-refractivity contribution in [3.63, 3.8) is 0 Å². The summed E-state index contributed by atoms with van der Waals surface area (Å²) in [5.74, 6) is 0. The fraction of sp³-hybridized carbons (Fsp3) is 0.909. The Bertz CT molecular complexity index is 208. The number of rotatable bonds is 3. The Morgan fingerprint density at radius 1 is 1.20 bits per heavy atom. The molecule has 2 amide bonds. The highest BCUT2D eigenvalue weighted by atomic mass is 16.2. The largest absolute Gasteiger partial charge is 0.337 e. The van der Waals surface area contributed by atoms with Gasteiger partial charge in [0, 0.05) is 18.6 Å². The summed E-state index contributed by atoms with van der Waals surface area (Å²) in [7, 11) is 0. The molecule has 4 heteroatoms. The molecule has 1 saturated carbocycles. The summed E-state index contributed by atoms with van der Waals surface area (Å²) < 4.78 is 0. The normalized spacial score (nSPS) is 26.8. The first-order valence-corrected chi connectivity index (χ1v) is 6.12. The van der Waals surface area contributed by atoms with Crippen molar-refractivity contribution >= 4 is 6.03 Å². The Balaban J connectivity index is 1.59. The zero-order valence-corrected chi connectivity index (χ0v) is 9.22. The monoisotopic (exact) mass is 211 g/mol. The summed E-state index contributed by atoms with van der Waals surface area (Å²) in [6, 6.07) is 0.913. The fourth-order valence-electron chi connectivity index (χ4n) is 2.45. The third-order valence-corrected chi connectivity index (χ3v) is 3.36. The van der Waals surface area contributed by atoms with E-state index in [2.05, 4.69) is 16.0 Å². The molecule has 1 aliphatic carbocycles. The Kier molecular flexibility index (Phi) is 3.83. The minimum Gasteiger partial charge on any atom is -0.337 e. The third-order valence-electron chi connectivity index (χ3n) is 3.36. The molecule has 0 aromatic heterocycles. The molecular weight excluding hydrogens is 190 g/mol. The molecule has 2 fully saturated rings. The molecule has 0 spiro atoms. The van der Waals surface area contributed by atoms with E-state index in [0.29, 0.717) is 12.1 Å². The topological polar surface area (TPSA) is 53.2 Å². The van der Waals surface area contributed by atoms with E-state index in [1.807, 2.05) is 0 Å². The van der Waals surface area contributed by atoms with Crippen LogP contribution in [0.5, 0.6) is 0 Å². The van der Waals surface area contributed by atoms with Crippen molar-refractivity contribution in [3.8, 4) is 0 Å². The first-order valence-electron chi connectivity index (χ1n) is 6.12. The molecule has 0 bridgehead atoms. The Hall–Kier alpha value is -0.770. The minimum absolute atomic E-state index is 0.00981. The van der Waals surface area contributed by atoms with Crippen LogP contribution < -0.4 is 16.0 Å². The van der Waals surface area contributed by atoms with Crippen molar-refractivity contribution in [2.75, 3.05) is 13.1 Å². The van der Waals surface area contributed by atoms with Gasteiger partial charge in [-0.05, 0) is 32.2 Å². The maximum atomic E-state index is 11.5. The molecule has 1 atom stereocenters. The van der Waals surface area contributed by atoms with Gasteiger partial charge in [-0.3, -0.25) is 0 Å². The zero-order valence-electron chi connectivity index (χ0n) is 9.22. The van der Waals surface area contributed by atoms with E-state index in [1.54, 1.807) is 0 Å². The Morgan fingerprint density at radius 3 is 2.67 bits per heavy atom. The van der Waals surface area contributed by atoms with Gasteiger partial charge >= 0.3 is 6.03 Å². The molecule has 4 nitrogen and oxygen atoms in total. The van der Waals surface area contributed by atoms with Crippen LogP contribution in [0.2, 0.25) is 0 Å². The van der Waals surface area contributed by atoms with Crippen LogP contribution in [0.25, 0.3) is 0 Å². The van der Waals surface area contributed by atoms with Gasteiger partial charge in [0.15, 0.2) is 0 Å². The standard InChI is InChI=1S/C11H21N3O/c15-11(14-9-4-1-2-5-9)13-8-10-6-3-7-12-10/h9-10,12H,1-8H2,(H2,13,14,15). The number of amides is 2. The van der Waals surface area contributed by atoms with Crippen LogP contribution in [0.3, 0.4) is 0 Å². The van der Waals surface area contributed by atoms with Crippen LogP contribution in [-0.2, 0) is 0 Å². The van der Waals surface area contributed by atoms with Crippen LogP contribution in [0.1, 0.15) is 38.5 Å². The van der Waals surface area contributed by atoms with Gasteiger partial charge in [0.25, 0.3) is 0 Å². The highest BCUT2D eigenvalue weighted by Gasteiger charge is 2.18. The third kappa shape index (κ3) is 3.38. The number of urea groups is 1. The molecule has 1 heterocycles. The highest BCUT2D eigenvalue weighted by Crippen LogP contribution is 2.17. The summed E-state index contributed by atoms with van der Waals surface area (Å²) in [5, 5.41) is 9.33. The van der Waals surface area contributed by atoms with Crippen molar-refractivity contribution in [1.29, 1.82) is 0 Å². The molecule has 1 unspecified atom stereocenters. The molecule has 2 aliphatic rings. The van der Waals surface area contributed by atoms with E-state index < -0.39 is 0 Å². The number of nitrogens with one attached hydrogen (secondary N) is 3. The van der Waals surface area contributed by atoms with E-state index >= 15 is 0 Å². The van der Waals surface area contributed by atoms with Crippen LogP contribution >= 0.6 is 0 Å². The van der Waals surface area contributed by atoms with E-state index in [0.717, 1.165) is 25.9 Å². The van der Waals surface area contributed by atoms with Crippen LogP contribution in [0.15, 0.2) is 0 Å². The second-order valence-electron chi connectivity index (χ2n) is 4.63. The molecule has 3 N–H and O–H groups in total. The van der Waals surface area contributed by atoms with Crippen molar-refractivity contribution in [3.05, 3.63) is 0 Å². The summed E-state index contributed by atoms with van der Waals surface area (Å²) in [6.07, 6.45) is 7.23. The van der Waals surface area contributed by atoms with Crippen LogP contribution in [0, 0.1) is 0 Å². The maximum Gasteiger partial charge on any atom is 0.315 e. The lowest BCUT2D eigenvalue weighted by Crippen LogP contribution is -2.45. The second kappa shape index (κ2) is 5.35. The average molecular weight is 211 g/mol. The van der Waals surface area contributed by atoms with Crippen molar-refractivity contribution in [1.82, 2.24) is 16.0 Å². The van der Waals surface area contributed by atoms with E-state index in [4.69, 9.17) is 0 Å². The van der Waals surface area contributed by atoms with Gasteiger partial charge < -0.3 is 16.0 Å². The summed E-state index contributed by atoms with van der Waals surface area (Å²) in [5.41, 5.74) is 0. The molecule has 0 radical (unpaired) electrons. The number of carbonyl (C=O) groups excluding carboxylic acids is 1. The number of hydrogen-bond donors (Lipinski definition) is 3. The molecule has 1 aliphatic heterocycles. The first kappa shape index (κ1) is 10.7. The lowest BCUT2D eigenvalue weighted by atomic mass is 10.2. The van der Waals surface area contributed by atoms with E-state index in [9.17, 15) is 4.79 Å². The maximum absolute atomic E-state index is 11.5. The summed E-state index contributed by atoms with van der Waals surface area (Å²) in [6.45, 7) is 1.86. The lowest BCUT2D eigenvalue weighted by Gasteiger charge is -2.15. The molecule has 0 aromatic rings. The smallest absolute Gasteiger partial charge is 0.315 e. The lowest BCUT2D eigenvalue weighted by molar-refractivity contribution is 0.236. The highest BCUT2D eigenvalue weighted by molar-refractivity contribution is 5.74. The SMILES string of the molecule is O=C(NCC1CCCN1)NC1CCCC1. The van der Waals surface area contributed by atoms with Gasteiger partial charge in [-0.25, -0.2) is 4.79 Å². The van der Waals surface area contributed by atoms with Gasteiger partial charge in [0.2, 0.25) is 0 Å². The minimum atomic E-state index is 0.00981. The first-order chi connectivity index (χ1) is 7.34. The van der Waals surface area contributed by atoms with Crippen LogP contribution in [0.4, 0.5) is 4.79 Å². The molecule has 2 rings (SSSR count). The molecule has 86 valence electrons. The van der Waals surface area contributed by atoms with E-state index in [1.165, 1.54) is 25.7 Å². The second-order valence-corrected chi connectivity index (χ2v) is 4.63. The fourth-order valence-corrected chi connectivity index (χ4v) is 2.45. The van der Waals surface area contributed by atoms with Gasteiger partial charge in [0.05, 0.1) is 0 Å². The molecule has 0 aromatic carbocycles. The van der Waals surface area contributed by atoms with Crippen LogP contribution in [-0.4, -0.2) is 31.2 Å². The van der Waals surface area contributed by atoms with Gasteiger partial charge in [-0.15, -0.1) is 0 Å². The van der Waals surface area contributed by atoms with Gasteiger partial charge in [-0.2, -0.15) is 0 Å². The van der Waals surface area contributed by atoms with Gasteiger partial charge in [-0.1, -0.05) is 12.8 Å². The van der Waals surface area contributed by atoms with E-state index in [-0.39, 0.29) is 6.03 Å². The predicted molar refractivity (Wildman–Crippen MR) is 59.8 cm³/mol. The summed E-state index contributed by atoms with van der Waals surface area (Å²) >= 11 is 0. The predicted octanol–water partition coefficient (Wildman–Crippen LogP) is 0.980. The Labute approximate surface area is 91.2 Å². The average Bonchev–Trinajstić information content (AvgIpc) is 2.86. The number of hydrogen-bond acceptors (Lipinski definition) is 2. The quantitative estimate of drug-likeness (QED) is 0.652. The van der Waals surface area contributed by atoms with Crippen molar-refractivity contribution < 1.29 is 4.79 Å². The molecule has 1 saturated heterocycles.